The molecule has 14 heteroatoms. The Hall–Kier alpha value is -3.59. The molecule has 1 aliphatic heterocycles. The Morgan fingerprint density at radius 1 is 1.12 bits per heavy atom. The summed E-state index contributed by atoms with van der Waals surface area (Å²) in [5, 5.41) is 2.96. The third kappa shape index (κ3) is 8.33. The van der Waals surface area contributed by atoms with E-state index in [1.54, 1.807) is 31.4 Å². The number of alkyl halides is 3. The number of piperidine rings is 1. The maximum atomic E-state index is 14.2. The number of hydrogen-bond acceptors (Lipinski definition) is 9. The molecule has 0 amide bonds. The summed E-state index contributed by atoms with van der Waals surface area (Å²) in [7, 11) is 0.922. The largest absolute Gasteiger partial charge is 0.495 e. The summed E-state index contributed by atoms with van der Waals surface area (Å²) in [5.74, 6) is 0.0156. The Kier molecular flexibility index (Phi) is 11.1. The summed E-state index contributed by atoms with van der Waals surface area (Å²) in [6.45, 7) is 3.40. The molecule has 2 aliphatic rings. The lowest BCUT2D eigenvalue weighted by atomic mass is 9.89. The van der Waals surface area contributed by atoms with Gasteiger partial charge in [0.1, 0.15) is 5.75 Å². The lowest BCUT2D eigenvalue weighted by Crippen LogP contribution is -2.36. The summed E-state index contributed by atoms with van der Waals surface area (Å²) in [6.07, 6.45) is -0.373. The SMILES string of the molecule is COCCN1CCC(CC(=O)c2ccc(Nc3ncc(C(F)(F)F)c(C[C@@H]4Cc5ccccc5[C@H]4N(C)S(C)(=O)=O)n3)c(OC)c2)CC1. The van der Waals surface area contributed by atoms with Crippen LogP contribution in [0.4, 0.5) is 24.8 Å². The number of methoxy groups -OCH3 is 2. The quantitative estimate of drug-likeness (QED) is 0.232. The number of fused-ring (bicyclic) bond motifs is 1. The second-order valence-corrected chi connectivity index (χ2v) is 14.6. The normalized spacial score (nSPS) is 19.0. The number of likely N-dealkylation sites (tertiary alicyclic amines) is 1. The van der Waals surface area contributed by atoms with E-state index in [0.29, 0.717) is 36.4 Å². The molecule has 1 fully saturated rings. The highest BCUT2D eigenvalue weighted by atomic mass is 32.2. The van der Waals surface area contributed by atoms with Gasteiger partial charge in [0.25, 0.3) is 0 Å². The van der Waals surface area contributed by atoms with Gasteiger partial charge in [0, 0.05) is 38.9 Å². The number of anilines is 2. The van der Waals surface area contributed by atoms with E-state index in [1.807, 2.05) is 18.2 Å². The van der Waals surface area contributed by atoms with Crippen LogP contribution in [-0.4, -0.2) is 87.1 Å². The molecule has 0 radical (unpaired) electrons. The van der Waals surface area contributed by atoms with Gasteiger partial charge in [0.05, 0.1) is 43.0 Å². The number of sulfonamides is 1. The van der Waals surface area contributed by atoms with Gasteiger partial charge >= 0.3 is 6.18 Å². The van der Waals surface area contributed by atoms with Gasteiger partial charge in [-0.25, -0.2) is 18.4 Å². The van der Waals surface area contributed by atoms with Crippen LogP contribution in [0.5, 0.6) is 5.75 Å². The summed E-state index contributed by atoms with van der Waals surface area (Å²) in [6, 6.07) is 11.5. The second-order valence-electron chi connectivity index (χ2n) is 12.6. The van der Waals surface area contributed by atoms with Crippen LogP contribution in [0.2, 0.25) is 0 Å². The minimum absolute atomic E-state index is 0.00515. The molecule has 3 aromatic rings. The van der Waals surface area contributed by atoms with Crippen LogP contribution in [0.3, 0.4) is 0 Å². The zero-order chi connectivity index (χ0) is 34.6. The number of rotatable bonds is 13. The van der Waals surface area contributed by atoms with Gasteiger partial charge in [-0.2, -0.15) is 17.5 Å². The highest BCUT2D eigenvalue weighted by molar-refractivity contribution is 7.88. The van der Waals surface area contributed by atoms with Gasteiger partial charge in [-0.15, -0.1) is 0 Å². The molecule has 1 aromatic heterocycles. The number of aromatic nitrogens is 2. The van der Waals surface area contributed by atoms with Gasteiger partial charge in [-0.1, -0.05) is 24.3 Å². The molecule has 0 spiro atoms. The number of nitrogens with zero attached hydrogens (tertiary/aromatic N) is 4. The molecule has 10 nitrogen and oxygen atoms in total. The van der Waals surface area contributed by atoms with Crippen molar-refractivity contribution in [1.82, 2.24) is 19.2 Å². The molecule has 1 N–H and O–H groups in total. The van der Waals surface area contributed by atoms with Crippen LogP contribution in [0.15, 0.2) is 48.7 Å². The first-order chi connectivity index (χ1) is 22.8. The fraction of sp³-hybridized carbons (Fsp3) is 0.500. The molecule has 2 aromatic carbocycles. The van der Waals surface area contributed by atoms with Gasteiger partial charge < -0.3 is 19.7 Å². The Balaban J connectivity index is 1.34. The highest BCUT2D eigenvalue weighted by Crippen LogP contribution is 2.44. The minimum atomic E-state index is -4.72. The molecule has 0 saturated carbocycles. The van der Waals surface area contributed by atoms with Crippen molar-refractivity contribution in [2.24, 2.45) is 11.8 Å². The zero-order valence-electron chi connectivity index (χ0n) is 27.6. The average Bonchev–Trinajstić information content (AvgIpc) is 3.40. The Morgan fingerprint density at radius 3 is 2.52 bits per heavy atom. The maximum absolute atomic E-state index is 14.2. The van der Waals surface area contributed by atoms with Gasteiger partial charge in [0.2, 0.25) is 16.0 Å². The predicted octanol–water partition coefficient (Wildman–Crippen LogP) is 5.53. The summed E-state index contributed by atoms with van der Waals surface area (Å²) in [4.78, 5) is 23.8. The number of nitrogens with one attached hydrogen (secondary N) is 1. The van der Waals surface area contributed by atoms with Crippen molar-refractivity contribution in [1.29, 1.82) is 0 Å². The lowest BCUT2D eigenvalue weighted by Gasteiger charge is -2.31. The maximum Gasteiger partial charge on any atom is 0.419 e. The standard InChI is InChI=1S/C34H42F3N5O5S/c1-41(48(4,44)45)32-25(18-23-7-5-6-8-26(23)32)19-29-27(34(35,36)37)21-38-33(40-29)39-28-10-9-24(20-31(28)47-3)30(43)17-22-11-13-42(14-12-22)15-16-46-2/h5-10,20-22,25,32H,11-19H2,1-4H3,(H,38,39,40)/t25-,32-/m0/s1. The number of carbonyl (C=O) groups is 1. The van der Waals surface area contributed by atoms with E-state index in [4.69, 9.17) is 9.47 Å². The lowest BCUT2D eigenvalue weighted by molar-refractivity contribution is -0.138. The monoisotopic (exact) mass is 689 g/mol. The molecular formula is C34H42F3N5O5S. The fourth-order valence-electron chi connectivity index (χ4n) is 6.76. The Bertz CT molecular complexity index is 1710. The fourth-order valence-corrected chi connectivity index (χ4v) is 7.46. The molecule has 48 heavy (non-hydrogen) atoms. The van der Waals surface area contributed by atoms with Crippen molar-refractivity contribution in [3.05, 3.63) is 76.6 Å². The number of Topliss-reactive ketones (excluding diaryl/α,β-unsaturated/α-hetero) is 1. The summed E-state index contributed by atoms with van der Waals surface area (Å²) in [5.41, 5.74) is 1.29. The van der Waals surface area contributed by atoms with E-state index in [2.05, 4.69) is 20.2 Å². The van der Waals surface area contributed by atoms with Crippen LogP contribution in [-0.2, 0) is 33.8 Å². The van der Waals surface area contributed by atoms with Crippen LogP contribution in [0, 0.1) is 11.8 Å². The topological polar surface area (TPSA) is 114 Å². The van der Waals surface area contributed by atoms with E-state index in [-0.39, 0.29) is 29.8 Å². The van der Waals surface area contributed by atoms with Crippen molar-refractivity contribution in [3.63, 3.8) is 0 Å². The van der Waals surface area contributed by atoms with Crippen molar-refractivity contribution >= 4 is 27.4 Å². The molecule has 260 valence electrons. The van der Waals surface area contributed by atoms with E-state index in [9.17, 15) is 26.4 Å². The second kappa shape index (κ2) is 14.9. The molecule has 0 unspecified atom stereocenters. The molecule has 0 bridgehead atoms. The third-order valence-corrected chi connectivity index (χ3v) is 10.7. The number of hydrogen-bond donors (Lipinski definition) is 1. The number of ketones is 1. The molecule has 1 saturated heterocycles. The molecule has 2 heterocycles. The summed E-state index contributed by atoms with van der Waals surface area (Å²) >= 11 is 0. The first-order valence-corrected chi connectivity index (χ1v) is 17.8. The smallest absolute Gasteiger partial charge is 0.419 e. The number of carbonyl (C=O) groups excluding carboxylic acids is 1. The Morgan fingerprint density at radius 2 is 1.85 bits per heavy atom. The van der Waals surface area contributed by atoms with Gasteiger partial charge in [-0.05, 0) is 79.9 Å². The van der Waals surface area contributed by atoms with Crippen LogP contribution in [0.25, 0.3) is 0 Å². The highest BCUT2D eigenvalue weighted by Gasteiger charge is 2.41. The zero-order valence-corrected chi connectivity index (χ0v) is 28.4. The third-order valence-electron chi connectivity index (χ3n) is 9.41. The van der Waals surface area contributed by atoms with Crippen molar-refractivity contribution in [3.8, 4) is 5.75 Å². The molecule has 2 atom stereocenters. The van der Waals surface area contributed by atoms with Gasteiger partial charge in [0.15, 0.2) is 5.78 Å². The first-order valence-electron chi connectivity index (χ1n) is 15.9. The average molecular weight is 690 g/mol. The minimum Gasteiger partial charge on any atom is -0.495 e. The first kappa shape index (κ1) is 35.7. The molecule has 1 aliphatic carbocycles. The van der Waals surface area contributed by atoms with E-state index in [0.717, 1.165) is 56.1 Å². The van der Waals surface area contributed by atoms with Crippen molar-refractivity contribution in [2.45, 2.75) is 44.3 Å². The van der Waals surface area contributed by atoms with Crippen molar-refractivity contribution < 1.29 is 35.9 Å². The van der Waals surface area contributed by atoms with Crippen LogP contribution < -0.4 is 10.1 Å². The number of benzene rings is 2. The van der Waals surface area contributed by atoms with E-state index >= 15 is 0 Å². The van der Waals surface area contributed by atoms with Crippen LogP contribution in [0.1, 0.15) is 58.0 Å². The predicted molar refractivity (Wildman–Crippen MR) is 176 cm³/mol. The number of halogens is 3. The molecular weight excluding hydrogens is 647 g/mol. The molecule has 5 rings (SSSR count). The van der Waals surface area contributed by atoms with E-state index in [1.165, 1.54) is 18.5 Å². The number of ether oxygens (including phenoxy) is 2. The van der Waals surface area contributed by atoms with Crippen LogP contribution >= 0.6 is 0 Å². The summed E-state index contributed by atoms with van der Waals surface area (Å²) < 4.78 is 79.6. The van der Waals surface area contributed by atoms with Crippen molar-refractivity contribution in [2.75, 3.05) is 59.1 Å². The van der Waals surface area contributed by atoms with E-state index < -0.39 is 33.7 Å². The van der Waals surface area contributed by atoms with Gasteiger partial charge in [-0.3, -0.25) is 4.79 Å². The Labute approximate surface area is 279 Å².